The van der Waals surface area contributed by atoms with Crippen molar-refractivity contribution in [3.63, 3.8) is 0 Å². The largest absolute Gasteiger partial charge is 0.462 e. The molecule has 68 heavy (non-hydrogen) atoms. The standard InChI is InChI=1S/C62H115NO5/c1-4-7-10-13-16-19-22-25-28-30-32-34-37-40-43-46-49-52-55-62(67)68-58(53-50-47-44-41-38-35-27-24-21-18-15-12-9-6-3)56-61(66)63-59(57-64)60(65)54-51-48-45-42-39-36-33-31-29-26-23-20-17-14-11-8-5-2/h16,19,22,25,28,30,32,34,58-60,64-65H,4-15,17-18,20-21,23-24,26-27,29,31,33,35-57H2,1-3H3,(H,63,66)/b19-16+,25-22+,30-28+,34-32+. The van der Waals surface area contributed by atoms with Crippen molar-refractivity contribution in [1.82, 2.24) is 5.32 Å². The first-order chi connectivity index (χ1) is 33.5. The first-order valence-corrected chi connectivity index (χ1v) is 29.9. The minimum atomic E-state index is -0.792. The summed E-state index contributed by atoms with van der Waals surface area (Å²) in [5.74, 6) is -0.485. The monoisotopic (exact) mass is 954 g/mol. The molecule has 0 aromatic carbocycles. The van der Waals surface area contributed by atoms with Gasteiger partial charge in [0.2, 0.25) is 5.91 Å². The second kappa shape index (κ2) is 55.7. The maximum atomic E-state index is 13.3. The van der Waals surface area contributed by atoms with Crippen LogP contribution in [-0.2, 0) is 14.3 Å². The molecule has 0 aliphatic rings. The van der Waals surface area contributed by atoms with E-state index in [2.05, 4.69) is 74.7 Å². The van der Waals surface area contributed by atoms with Crippen LogP contribution in [0, 0.1) is 0 Å². The second-order valence-corrected chi connectivity index (χ2v) is 20.5. The van der Waals surface area contributed by atoms with Crippen molar-refractivity contribution in [3.8, 4) is 0 Å². The summed E-state index contributed by atoms with van der Waals surface area (Å²) in [6.45, 7) is 6.48. The SMILES string of the molecule is CCCCC/C=C/C=C/C=C/C=C/CCCCCCCC(=O)OC(CCCCCCCCCCCCCCCC)CC(=O)NC(CO)C(O)CCCCCCCCCCCCCCCCCCC. The van der Waals surface area contributed by atoms with Gasteiger partial charge >= 0.3 is 5.97 Å². The summed E-state index contributed by atoms with van der Waals surface area (Å²) in [4.78, 5) is 26.3. The fourth-order valence-corrected chi connectivity index (χ4v) is 9.21. The van der Waals surface area contributed by atoms with E-state index in [9.17, 15) is 19.8 Å². The van der Waals surface area contributed by atoms with Crippen LogP contribution in [-0.4, -0.2) is 46.9 Å². The number of aliphatic hydroxyl groups excluding tert-OH is 2. The van der Waals surface area contributed by atoms with Crippen molar-refractivity contribution in [2.45, 2.75) is 328 Å². The van der Waals surface area contributed by atoms with E-state index in [-0.39, 0.29) is 24.9 Å². The predicted molar refractivity (Wildman–Crippen MR) is 296 cm³/mol. The average molecular weight is 955 g/mol. The lowest BCUT2D eigenvalue weighted by Crippen LogP contribution is -2.46. The Kier molecular flexibility index (Phi) is 54.0. The maximum absolute atomic E-state index is 13.3. The number of hydrogen-bond acceptors (Lipinski definition) is 5. The summed E-state index contributed by atoms with van der Waals surface area (Å²) in [5, 5.41) is 23.9. The molecule has 6 nitrogen and oxygen atoms in total. The third-order valence-electron chi connectivity index (χ3n) is 13.8. The topological polar surface area (TPSA) is 95.9 Å². The molecule has 3 N–H and O–H groups in total. The number of esters is 1. The molecule has 398 valence electrons. The normalized spacial score (nSPS) is 13.4. The first-order valence-electron chi connectivity index (χ1n) is 29.9. The number of carbonyl (C=O) groups excluding carboxylic acids is 2. The van der Waals surface area contributed by atoms with Crippen molar-refractivity contribution >= 4 is 11.9 Å². The molecule has 0 spiro atoms. The molecule has 0 heterocycles. The van der Waals surface area contributed by atoms with E-state index in [0.717, 1.165) is 70.6 Å². The van der Waals surface area contributed by atoms with Gasteiger partial charge in [0.1, 0.15) is 6.10 Å². The number of hydrogen-bond donors (Lipinski definition) is 3. The van der Waals surface area contributed by atoms with Crippen LogP contribution in [0.2, 0.25) is 0 Å². The Morgan fingerprint density at radius 1 is 0.426 bits per heavy atom. The molecule has 0 rings (SSSR count). The van der Waals surface area contributed by atoms with Crippen molar-refractivity contribution in [2.24, 2.45) is 0 Å². The van der Waals surface area contributed by atoms with Gasteiger partial charge in [0, 0.05) is 6.42 Å². The number of ether oxygens (including phenoxy) is 1. The molecule has 3 unspecified atom stereocenters. The highest BCUT2D eigenvalue weighted by molar-refractivity contribution is 5.77. The molecule has 0 saturated carbocycles. The van der Waals surface area contributed by atoms with Crippen molar-refractivity contribution < 1.29 is 24.5 Å². The molecule has 0 aromatic heterocycles. The highest BCUT2D eigenvalue weighted by Gasteiger charge is 2.24. The average Bonchev–Trinajstić information content (AvgIpc) is 3.33. The van der Waals surface area contributed by atoms with E-state index in [1.807, 2.05) is 0 Å². The lowest BCUT2D eigenvalue weighted by molar-refractivity contribution is -0.151. The van der Waals surface area contributed by atoms with Gasteiger partial charge in [-0.05, 0) is 51.4 Å². The Hall–Kier alpha value is -2.18. The Bertz CT molecular complexity index is 1160. The molecule has 0 aliphatic heterocycles. The van der Waals surface area contributed by atoms with Gasteiger partial charge < -0.3 is 20.3 Å². The van der Waals surface area contributed by atoms with E-state index in [1.165, 1.54) is 193 Å². The second-order valence-electron chi connectivity index (χ2n) is 20.5. The highest BCUT2D eigenvalue weighted by atomic mass is 16.5. The van der Waals surface area contributed by atoms with Crippen LogP contribution in [0.25, 0.3) is 0 Å². The summed E-state index contributed by atoms with van der Waals surface area (Å²) >= 11 is 0. The zero-order valence-electron chi connectivity index (χ0n) is 45.5. The van der Waals surface area contributed by atoms with E-state index >= 15 is 0 Å². The lowest BCUT2D eigenvalue weighted by Gasteiger charge is -2.24. The Morgan fingerprint density at radius 3 is 1.16 bits per heavy atom. The van der Waals surface area contributed by atoms with Gasteiger partial charge in [-0.3, -0.25) is 9.59 Å². The molecule has 6 heteroatoms. The van der Waals surface area contributed by atoms with Crippen molar-refractivity contribution in [1.29, 1.82) is 0 Å². The van der Waals surface area contributed by atoms with Crippen molar-refractivity contribution in [3.05, 3.63) is 48.6 Å². The van der Waals surface area contributed by atoms with Crippen LogP contribution < -0.4 is 5.32 Å². The lowest BCUT2D eigenvalue weighted by atomic mass is 10.0. The molecular weight excluding hydrogens is 839 g/mol. The van der Waals surface area contributed by atoms with Crippen LogP contribution in [0.5, 0.6) is 0 Å². The van der Waals surface area contributed by atoms with Gasteiger partial charge in [0.15, 0.2) is 0 Å². The zero-order valence-corrected chi connectivity index (χ0v) is 45.5. The van der Waals surface area contributed by atoms with Crippen molar-refractivity contribution in [2.75, 3.05) is 6.61 Å². The van der Waals surface area contributed by atoms with Gasteiger partial charge in [-0.2, -0.15) is 0 Å². The quantitative estimate of drug-likeness (QED) is 0.0321. The number of allylic oxidation sites excluding steroid dienone is 8. The smallest absolute Gasteiger partial charge is 0.306 e. The summed E-state index contributed by atoms with van der Waals surface area (Å²) in [6.07, 6.45) is 68.8. The Balaban J connectivity index is 4.55. The van der Waals surface area contributed by atoms with Gasteiger partial charge in [-0.1, -0.05) is 294 Å². The third-order valence-corrected chi connectivity index (χ3v) is 13.8. The predicted octanol–water partition coefficient (Wildman–Crippen LogP) is 18.6. The molecule has 0 fully saturated rings. The molecule has 0 bridgehead atoms. The Labute approximate surface area is 423 Å². The molecule has 3 atom stereocenters. The molecule has 0 radical (unpaired) electrons. The summed E-state index contributed by atoms with van der Waals surface area (Å²) in [7, 11) is 0. The zero-order chi connectivity index (χ0) is 49.5. The number of amides is 1. The van der Waals surface area contributed by atoms with Gasteiger partial charge in [-0.25, -0.2) is 0 Å². The third kappa shape index (κ3) is 50.2. The van der Waals surface area contributed by atoms with Crippen LogP contribution in [0.15, 0.2) is 48.6 Å². The summed E-state index contributed by atoms with van der Waals surface area (Å²) < 4.78 is 5.96. The van der Waals surface area contributed by atoms with E-state index in [1.54, 1.807) is 0 Å². The van der Waals surface area contributed by atoms with Crippen LogP contribution in [0.3, 0.4) is 0 Å². The van der Waals surface area contributed by atoms with Gasteiger partial charge in [0.05, 0.1) is 25.2 Å². The van der Waals surface area contributed by atoms with Gasteiger partial charge in [0.25, 0.3) is 0 Å². The molecule has 1 amide bonds. The first kappa shape index (κ1) is 65.8. The number of aliphatic hydroxyl groups is 2. The maximum Gasteiger partial charge on any atom is 0.306 e. The number of unbranched alkanes of at least 4 members (excludes halogenated alkanes) is 37. The Morgan fingerprint density at radius 2 is 0.750 bits per heavy atom. The number of carbonyl (C=O) groups is 2. The van der Waals surface area contributed by atoms with E-state index in [0.29, 0.717) is 19.3 Å². The van der Waals surface area contributed by atoms with Gasteiger partial charge in [-0.15, -0.1) is 0 Å². The fraction of sp³-hybridized carbons (Fsp3) is 0.839. The summed E-state index contributed by atoms with van der Waals surface area (Å²) in [5.41, 5.74) is 0. The van der Waals surface area contributed by atoms with Crippen LogP contribution in [0.1, 0.15) is 310 Å². The van der Waals surface area contributed by atoms with E-state index < -0.39 is 18.2 Å². The molecular formula is C62H115NO5. The minimum absolute atomic E-state index is 0.0711. The molecule has 0 aromatic rings. The molecule has 0 aliphatic carbocycles. The number of nitrogens with one attached hydrogen (secondary N) is 1. The molecule has 0 saturated heterocycles. The fourth-order valence-electron chi connectivity index (χ4n) is 9.21. The highest BCUT2D eigenvalue weighted by Crippen LogP contribution is 2.19. The van der Waals surface area contributed by atoms with E-state index in [4.69, 9.17) is 4.74 Å². The van der Waals surface area contributed by atoms with Crippen LogP contribution in [0.4, 0.5) is 0 Å². The van der Waals surface area contributed by atoms with Crippen LogP contribution >= 0.6 is 0 Å². The number of rotatable bonds is 54. The summed E-state index contributed by atoms with van der Waals surface area (Å²) in [6, 6.07) is -0.706. The minimum Gasteiger partial charge on any atom is -0.462 e.